The maximum absolute atomic E-state index is 13.3. The molecule has 1 unspecified atom stereocenters. The molecule has 4 aromatic rings. The first-order valence-electron chi connectivity index (χ1n) is 8.42. The van der Waals surface area contributed by atoms with Gasteiger partial charge < -0.3 is 4.98 Å². The van der Waals surface area contributed by atoms with Crippen molar-refractivity contribution in [2.24, 2.45) is 0 Å². The van der Waals surface area contributed by atoms with Crippen molar-refractivity contribution in [1.82, 2.24) is 9.97 Å². The van der Waals surface area contributed by atoms with Gasteiger partial charge in [-0.3, -0.25) is 4.72 Å². The summed E-state index contributed by atoms with van der Waals surface area (Å²) >= 11 is 6.07. The molecule has 0 saturated heterocycles. The maximum atomic E-state index is 13.3. The van der Waals surface area contributed by atoms with Crippen molar-refractivity contribution in [2.75, 3.05) is 4.72 Å². The third-order valence-corrected chi connectivity index (χ3v) is 5.65. The Kier molecular flexibility index (Phi) is 5.06. The Morgan fingerprint density at radius 1 is 1.00 bits per heavy atom. The first kappa shape index (κ1) is 19.5. The number of halogens is 4. The lowest BCUT2D eigenvalue weighted by molar-refractivity contribution is -0.137. The lowest BCUT2D eigenvalue weighted by Gasteiger charge is -2.10. The number of aromatic nitrogens is 2. The molecule has 4 nitrogen and oxygen atoms in total. The van der Waals surface area contributed by atoms with Crippen molar-refractivity contribution < 1.29 is 17.4 Å². The fourth-order valence-electron chi connectivity index (χ4n) is 2.87. The van der Waals surface area contributed by atoms with Gasteiger partial charge in [0, 0.05) is 5.56 Å². The molecule has 1 atom stereocenters. The number of hydrogen-bond donors (Lipinski definition) is 2. The molecule has 0 radical (unpaired) electrons. The Bertz CT molecular complexity index is 1220. The second-order valence-electron chi connectivity index (χ2n) is 6.16. The Morgan fingerprint density at radius 3 is 2.48 bits per heavy atom. The van der Waals surface area contributed by atoms with E-state index >= 15 is 0 Å². The van der Waals surface area contributed by atoms with Crippen LogP contribution in [0.4, 0.5) is 18.9 Å². The molecule has 148 valence electrons. The number of alkyl halides is 3. The number of benzene rings is 3. The maximum Gasteiger partial charge on any atom is 0.417 e. The molecule has 3 aromatic carbocycles. The lowest BCUT2D eigenvalue weighted by atomic mass is 10.1. The Morgan fingerprint density at radius 2 is 1.72 bits per heavy atom. The van der Waals surface area contributed by atoms with Gasteiger partial charge in [-0.15, -0.1) is 0 Å². The van der Waals surface area contributed by atoms with E-state index in [1.165, 1.54) is 18.2 Å². The van der Waals surface area contributed by atoms with Crippen molar-refractivity contribution >= 4 is 39.3 Å². The highest BCUT2D eigenvalue weighted by Crippen LogP contribution is 2.36. The van der Waals surface area contributed by atoms with E-state index in [9.17, 15) is 17.4 Å². The minimum absolute atomic E-state index is 0.0481. The van der Waals surface area contributed by atoms with E-state index in [0.717, 1.165) is 6.07 Å². The summed E-state index contributed by atoms with van der Waals surface area (Å²) in [6.07, 6.45) is -4.50. The van der Waals surface area contributed by atoms with Crippen LogP contribution in [0.25, 0.3) is 22.4 Å². The summed E-state index contributed by atoms with van der Waals surface area (Å²) < 4.78 is 55.3. The number of rotatable bonds is 4. The van der Waals surface area contributed by atoms with Crippen molar-refractivity contribution in [1.29, 1.82) is 0 Å². The third-order valence-electron chi connectivity index (χ3n) is 4.23. The molecule has 1 heterocycles. The molecule has 9 heteroatoms. The number of fused-ring (bicyclic) bond motifs is 1. The van der Waals surface area contributed by atoms with Crippen LogP contribution in [0.1, 0.15) is 5.56 Å². The molecule has 0 aliphatic rings. The third kappa shape index (κ3) is 3.99. The summed E-state index contributed by atoms with van der Waals surface area (Å²) in [6.45, 7) is 0. The van der Waals surface area contributed by atoms with Gasteiger partial charge in [0.25, 0.3) is 0 Å². The number of anilines is 1. The number of para-hydroxylation sites is 1. The first-order chi connectivity index (χ1) is 13.8. The highest BCUT2D eigenvalue weighted by Gasteiger charge is 2.34. The zero-order chi connectivity index (χ0) is 20.6. The second-order valence-corrected chi connectivity index (χ2v) is 7.78. The number of hydrogen-bond acceptors (Lipinski definition) is 2. The van der Waals surface area contributed by atoms with Gasteiger partial charge in [0.15, 0.2) is 0 Å². The van der Waals surface area contributed by atoms with Crippen LogP contribution in [0.5, 0.6) is 0 Å². The summed E-state index contributed by atoms with van der Waals surface area (Å²) in [4.78, 5) is 7.58. The molecule has 0 amide bonds. The number of nitrogens with zero attached hydrogens (tertiary/aromatic N) is 1. The molecule has 0 spiro atoms. The SMILES string of the molecule is O=S(Nc1ccccc1Cl)c1ccc2nc(-c3ccccc3C(F)(F)F)[nH]c2c1. The van der Waals surface area contributed by atoms with Gasteiger partial charge in [-0.25, -0.2) is 9.19 Å². The van der Waals surface area contributed by atoms with Crippen LogP contribution in [-0.2, 0) is 17.2 Å². The largest absolute Gasteiger partial charge is 0.417 e. The fourth-order valence-corrected chi connectivity index (χ4v) is 4.02. The first-order valence-corrected chi connectivity index (χ1v) is 9.95. The van der Waals surface area contributed by atoms with Crippen LogP contribution in [0.2, 0.25) is 5.02 Å². The monoisotopic (exact) mass is 435 g/mol. The van der Waals surface area contributed by atoms with Crippen LogP contribution in [0.15, 0.2) is 71.6 Å². The van der Waals surface area contributed by atoms with Gasteiger partial charge in [-0.05, 0) is 36.4 Å². The van der Waals surface area contributed by atoms with Gasteiger partial charge in [0.2, 0.25) is 0 Å². The van der Waals surface area contributed by atoms with Gasteiger partial charge in [0.05, 0.1) is 32.2 Å². The molecule has 29 heavy (non-hydrogen) atoms. The van der Waals surface area contributed by atoms with Crippen LogP contribution in [0, 0.1) is 0 Å². The molecule has 0 aliphatic heterocycles. The molecule has 0 fully saturated rings. The molecule has 0 saturated carbocycles. The Balaban J connectivity index is 1.69. The minimum atomic E-state index is -4.50. The highest BCUT2D eigenvalue weighted by atomic mass is 35.5. The van der Waals surface area contributed by atoms with E-state index in [-0.39, 0.29) is 11.4 Å². The standard InChI is InChI=1S/C20H13ClF3N3OS/c21-15-7-3-4-8-16(15)27-29(28)12-9-10-17-18(11-12)26-19(25-17)13-5-1-2-6-14(13)20(22,23)24/h1-11,27H,(H,25,26). The average Bonchev–Trinajstić information content (AvgIpc) is 3.12. The zero-order valence-electron chi connectivity index (χ0n) is 14.6. The van der Waals surface area contributed by atoms with E-state index in [0.29, 0.717) is 26.6 Å². The summed E-state index contributed by atoms with van der Waals surface area (Å²) in [5.41, 5.74) is 0.632. The average molecular weight is 436 g/mol. The predicted molar refractivity (Wildman–Crippen MR) is 108 cm³/mol. The molecular formula is C20H13ClF3N3OS. The smallest absolute Gasteiger partial charge is 0.338 e. The van der Waals surface area contributed by atoms with Crippen molar-refractivity contribution in [3.8, 4) is 11.4 Å². The Hall–Kier alpha value is -2.84. The highest BCUT2D eigenvalue weighted by molar-refractivity contribution is 7.86. The van der Waals surface area contributed by atoms with Crippen LogP contribution in [0.3, 0.4) is 0 Å². The van der Waals surface area contributed by atoms with Crippen molar-refractivity contribution in [3.05, 3.63) is 77.3 Å². The van der Waals surface area contributed by atoms with Gasteiger partial charge in [-0.1, -0.05) is 41.9 Å². The Labute approximate surface area is 171 Å². The number of nitrogens with one attached hydrogen (secondary N) is 2. The lowest BCUT2D eigenvalue weighted by Crippen LogP contribution is -2.07. The van der Waals surface area contributed by atoms with Crippen LogP contribution in [-0.4, -0.2) is 14.2 Å². The summed E-state index contributed by atoms with van der Waals surface area (Å²) in [5.74, 6) is 0.0925. The molecule has 0 aliphatic carbocycles. The van der Waals surface area contributed by atoms with E-state index in [2.05, 4.69) is 14.7 Å². The normalized spacial score (nSPS) is 12.8. The summed E-state index contributed by atoms with van der Waals surface area (Å²) in [7, 11) is -1.62. The van der Waals surface area contributed by atoms with Crippen molar-refractivity contribution in [2.45, 2.75) is 11.1 Å². The number of aromatic amines is 1. The second kappa shape index (κ2) is 7.53. The van der Waals surface area contributed by atoms with Gasteiger partial charge >= 0.3 is 6.18 Å². The van der Waals surface area contributed by atoms with Gasteiger partial charge in [0.1, 0.15) is 16.8 Å². The molecule has 2 N–H and O–H groups in total. The molecule has 0 bridgehead atoms. The van der Waals surface area contributed by atoms with E-state index in [1.54, 1.807) is 42.5 Å². The van der Waals surface area contributed by atoms with Crippen LogP contribution < -0.4 is 4.72 Å². The topological polar surface area (TPSA) is 57.8 Å². The molecule has 1 aromatic heterocycles. The van der Waals surface area contributed by atoms with Crippen LogP contribution >= 0.6 is 11.6 Å². The quantitative estimate of drug-likeness (QED) is 0.410. The summed E-state index contributed by atoms with van der Waals surface area (Å²) in [5, 5.41) is 0.425. The number of H-pyrrole nitrogens is 1. The van der Waals surface area contributed by atoms with Crippen molar-refractivity contribution in [3.63, 3.8) is 0 Å². The van der Waals surface area contributed by atoms with E-state index in [4.69, 9.17) is 11.6 Å². The number of imidazole rings is 1. The minimum Gasteiger partial charge on any atom is -0.338 e. The molecular weight excluding hydrogens is 423 g/mol. The molecule has 4 rings (SSSR count). The fraction of sp³-hybridized carbons (Fsp3) is 0.0500. The predicted octanol–water partition coefficient (Wildman–Crippen LogP) is 6.04. The van der Waals surface area contributed by atoms with E-state index in [1.807, 2.05) is 0 Å². The van der Waals surface area contributed by atoms with Gasteiger partial charge in [-0.2, -0.15) is 13.2 Å². The summed E-state index contributed by atoms with van der Waals surface area (Å²) in [6, 6.07) is 16.9. The van der Waals surface area contributed by atoms with E-state index < -0.39 is 22.7 Å². The zero-order valence-corrected chi connectivity index (χ0v) is 16.2.